The maximum Gasteiger partial charge on any atom is -0.0360 e. The molecule has 0 bridgehead atoms. The fourth-order valence-electron chi connectivity index (χ4n) is 6.32. The molecule has 0 aromatic rings. The van der Waals surface area contributed by atoms with Crippen LogP contribution in [0.2, 0.25) is 0 Å². The van der Waals surface area contributed by atoms with E-state index in [9.17, 15) is 0 Å². The summed E-state index contributed by atoms with van der Waals surface area (Å²) in [6.45, 7) is 10.0. The van der Waals surface area contributed by atoms with Crippen LogP contribution in [0.4, 0.5) is 0 Å². The van der Waals surface area contributed by atoms with E-state index < -0.39 is 0 Å². The Bertz CT molecular complexity index is 338. The van der Waals surface area contributed by atoms with Crippen molar-refractivity contribution in [1.82, 2.24) is 0 Å². The molecule has 3 rings (SSSR count). The molecule has 0 heteroatoms. The van der Waals surface area contributed by atoms with Crippen LogP contribution in [0.3, 0.4) is 0 Å². The van der Waals surface area contributed by atoms with Crippen molar-refractivity contribution in [2.24, 2.45) is 47.3 Å². The number of hydrogen-bond acceptors (Lipinski definition) is 0. The normalized spacial score (nSPS) is 50.7. The van der Waals surface area contributed by atoms with E-state index in [1.807, 2.05) is 0 Å². The van der Waals surface area contributed by atoms with Crippen LogP contribution >= 0.6 is 0 Å². The number of rotatable bonds is 2. The van der Waals surface area contributed by atoms with Gasteiger partial charge in [-0.05, 0) is 92.3 Å². The van der Waals surface area contributed by atoms with E-state index >= 15 is 0 Å². The van der Waals surface area contributed by atoms with Gasteiger partial charge in [-0.3, -0.25) is 0 Å². The first kappa shape index (κ1) is 16.8. The van der Waals surface area contributed by atoms with Gasteiger partial charge in [-0.1, -0.05) is 47.0 Å². The SMILES string of the molecule is CC1CCC(C2CCC(C3CCC(C)C(C)C3)CC2C)CC1. The maximum atomic E-state index is 2.60. The van der Waals surface area contributed by atoms with E-state index in [0.717, 1.165) is 47.3 Å². The lowest BCUT2D eigenvalue weighted by Crippen LogP contribution is -2.35. The Morgan fingerprint density at radius 3 is 1.59 bits per heavy atom. The lowest BCUT2D eigenvalue weighted by atomic mass is 9.60. The quantitative estimate of drug-likeness (QED) is 0.518. The molecule has 0 saturated heterocycles. The zero-order chi connectivity index (χ0) is 15.7. The van der Waals surface area contributed by atoms with Crippen molar-refractivity contribution in [2.75, 3.05) is 0 Å². The van der Waals surface area contributed by atoms with Crippen molar-refractivity contribution in [3.8, 4) is 0 Å². The Hall–Kier alpha value is 0. The number of hydrogen-bond donors (Lipinski definition) is 0. The Balaban J connectivity index is 1.51. The summed E-state index contributed by atoms with van der Waals surface area (Å²) in [6, 6.07) is 0. The first-order valence-corrected chi connectivity index (χ1v) is 10.5. The van der Waals surface area contributed by atoms with E-state index in [4.69, 9.17) is 0 Å². The van der Waals surface area contributed by atoms with Crippen molar-refractivity contribution in [3.05, 3.63) is 0 Å². The molecule has 0 nitrogen and oxygen atoms in total. The summed E-state index contributed by atoms with van der Waals surface area (Å²) < 4.78 is 0. The van der Waals surface area contributed by atoms with Crippen molar-refractivity contribution in [3.63, 3.8) is 0 Å². The molecule has 22 heavy (non-hydrogen) atoms. The zero-order valence-electron chi connectivity index (χ0n) is 15.7. The molecule has 0 N–H and O–H groups in total. The van der Waals surface area contributed by atoms with Gasteiger partial charge in [0.25, 0.3) is 0 Å². The Morgan fingerprint density at radius 2 is 1.00 bits per heavy atom. The zero-order valence-corrected chi connectivity index (χ0v) is 15.7. The molecule has 0 aliphatic heterocycles. The molecule has 3 saturated carbocycles. The van der Waals surface area contributed by atoms with Gasteiger partial charge in [-0.2, -0.15) is 0 Å². The van der Waals surface area contributed by atoms with E-state index in [2.05, 4.69) is 27.7 Å². The molecule has 0 aromatic carbocycles. The van der Waals surface area contributed by atoms with Crippen LogP contribution in [0, 0.1) is 47.3 Å². The third-order valence-corrected chi connectivity index (χ3v) is 8.25. The molecule has 6 unspecified atom stereocenters. The van der Waals surface area contributed by atoms with Gasteiger partial charge in [0.1, 0.15) is 0 Å². The summed E-state index contributed by atoms with van der Waals surface area (Å²) in [6.07, 6.45) is 15.3. The lowest BCUT2D eigenvalue weighted by molar-refractivity contribution is 0.0552. The van der Waals surface area contributed by atoms with E-state index in [1.165, 1.54) is 32.1 Å². The van der Waals surface area contributed by atoms with Gasteiger partial charge in [0.15, 0.2) is 0 Å². The molecule has 0 aromatic heterocycles. The van der Waals surface area contributed by atoms with Gasteiger partial charge in [0.05, 0.1) is 0 Å². The Morgan fingerprint density at radius 1 is 0.455 bits per heavy atom. The van der Waals surface area contributed by atoms with Gasteiger partial charge >= 0.3 is 0 Å². The summed E-state index contributed by atoms with van der Waals surface area (Å²) in [5.74, 6) is 8.27. The minimum atomic E-state index is 0.978. The second kappa shape index (κ2) is 7.27. The first-order chi connectivity index (χ1) is 10.5. The smallest absolute Gasteiger partial charge is 0.0360 e. The molecule has 3 aliphatic rings. The van der Waals surface area contributed by atoms with Crippen molar-refractivity contribution in [1.29, 1.82) is 0 Å². The van der Waals surface area contributed by atoms with Gasteiger partial charge < -0.3 is 0 Å². The molecule has 0 radical (unpaired) electrons. The third-order valence-electron chi connectivity index (χ3n) is 8.25. The van der Waals surface area contributed by atoms with Gasteiger partial charge in [0, 0.05) is 0 Å². The van der Waals surface area contributed by atoms with Gasteiger partial charge in [-0.15, -0.1) is 0 Å². The molecule has 0 heterocycles. The Kier molecular flexibility index (Phi) is 5.56. The van der Waals surface area contributed by atoms with Crippen LogP contribution in [0.1, 0.15) is 91.9 Å². The van der Waals surface area contributed by atoms with Crippen molar-refractivity contribution in [2.45, 2.75) is 91.9 Å². The summed E-state index contributed by atoms with van der Waals surface area (Å²) in [5.41, 5.74) is 0. The monoisotopic (exact) mass is 304 g/mol. The van der Waals surface area contributed by atoms with Crippen LogP contribution in [0.15, 0.2) is 0 Å². The predicted molar refractivity (Wildman–Crippen MR) is 96.8 cm³/mol. The van der Waals surface area contributed by atoms with Crippen molar-refractivity contribution >= 4 is 0 Å². The summed E-state index contributed by atoms with van der Waals surface area (Å²) in [4.78, 5) is 0. The lowest BCUT2D eigenvalue weighted by Gasteiger charge is -2.45. The average Bonchev–Trinajstić information content (AvgIpc) is 2.51. The minimum Gasteiger partial charge on any atom is -0.0625 e. The largest absolute Gasteiger partial charge is 0.0625 e. The van der Waals surface area contributed by atoms with Crippen molar-refractivity contribution < 1.29 is 0 Å². The van der Waals surface area contributed by atoms with Crippen LogP contribution in [-0.2, 0) is 0 Å². The second-order valence-electron chi connectivity index (χ2n) is 9.76. The predicted octanol–water partition coefficient (Wildman–Crippen LogP) is 6.94. The van der Waals surface area contributed by atoms with E-state index in [0.29, 0.717) is 0 Å². The fourth-order valence-corrected chi connectivity index (χ4v) is 6.32. The summed E-state index contributed by atoms with van der Waals surface area (Å²) >= 11 is 0. The fraction of sp³-hybridized carbons (Fsp3) is 1.00. The van der Waals surface area contributed by atoms with Crippen LogP contribution in [0.25, 0.3) is 0 Å². The highest BCUT2D eigenvalue weighted by atomic mass is 14.4. The summed E-state index contributed by atoms with van der Waals surface area (Å²) in [5, 5.41) is 0. The first-order valence-electron chi connectivity index (χ1n) is 10.5. The molecular weight excluding hydrogens is 264 g/mol. The molecule has 3 aliphatic carbocycles. The molecule has 3 fully saturated rings. The Labute approximate surface area is 139 Å². The highest BCUT2D eigenvalue weighted by Crippen LogP contribution is 2.48. The maximum absolute atomic E-state index is 2.60. The average molecular weight is 305 g/mol. The van der Waals surface area contributed by atoms with E-state index in [-0.39, 0.29) is 0 Å². The highest BCUT2D eigenvalue weighted by molar-refractivity contribution is 4.88. The molecular formula is C22H40. The standard InChI is InChI=1S/C22H40/c1-15-5-8-19(9-6-15)22-12-11-21(14-18(22)4)20-10-7-16(2)17(3)13-20/h15-22H,5-14H2,1-4H3. The van der Waals surface area contributed by atoms with Gasteiger partial charge in [-0.25, -0.2) is 0 Å². The second-order valence-corrected chi connectivity index (χ2v) is 9.76. The van der Waals surface area contributed by atoms with E-state index in [1.54, 1.807) is 32.1 Å². The molecule has 128 valence electrons. The highest BCUT2D eigenvalue weighted by Gasteiger charge is 2.38. The molecule has 0 amide bonds. The van der Waals surface area contributed by atoms with Crippen LogP contribution < -0.4 is 0 Å². The van der Waals surface area contributed by atoms with Gasteiger partial charge in [0.2, 0.25) is 0 Å². The molecule has 6 atom stereocenters. The minimum absolute atomic E-state index is 0.978. The topological polar surface area (TPSA) is 0 Å². The van der Waals surface area contributed by atoms with Crippen LogP contribution in [-0.4, -0.2) is 0 Å². The molecule has 0 spiro atoms. The summed E-state index contributed by atoms with van der Waals surface area (Å²) in [7, 11) is 0. The third kappa shape index (κ3) is 3.73. The van der Waals surface area contributed by atoms with Crippen LogP contribution in [0.5, 0.6) is 0 Å².